The number of hydrogen-bond acceptors (Lipinski definition) is 4. The monoisotopic (exact) mass is 577 g/mol. The highest BCUT2D eigenvalue weighted by molar-refractivity contribution is 7.85. The Balaban J connectivity index is 1.97. The summed E-state index contributed by atoms with van der Waals surface area (Å²) < 4.78 is 107. The summed E-state index contributed by atoms with van der Waals surface area (Å²) in [6.45, 7) is -0.974. The zero-order valence-electron chi connectivity index (χ0n) is 18.5. The molecule has 0 saturated carbocycles. The molecule has 2 aromatic carbocycles. The van der Waals surface area contributed by atoms with Gasteiger partial charge in [0.15, 0.2) is 0 Å². The molecule has 1 fully saturated rings. The standard InChI is InChI=1S/C22H19Cl2F6NO4S/c1-36(33,34)35-5-4-20(14-2-3-17(23)18(24)9-14)10-19(32)31(12-20)11-13-6-15(21(25,26)27)8-16(7-13)22(28,29)30/h2-3,6-9H,4-5,10-12H2,1H3. The number of likely N-dealkylation sites (tertiary alicyclic amines) is 1. The number of benzene rings is 2. The van der Waals surface area contributed by atoms with Gasteiger partial charge in [0.1, 0.15) is 0 Å². The van der Waals surface area contributed by atoms with Crippen molar-refractivity contribution in [2.75, 3.05) is 19.4 Å². The maximum atomic E-state index is 13.2. The van der Waals surface area contributed by atoms with Crippen molar-refractivity contribution in [2.45, 2.75) is 37.2 Å². The number of hydrogen-bond donors (Lipinski definition) is 0. The molecule has 1 heterocycles. The molecule has 14 heteroatoms. The summed E-state index contributed by atoms with van der Waals surface area (Å²) in [5.74, 6) is -0.550. The van der Waals surface area contributed by atoms with Crippen molar-refractivity contribution < 1.29 is 43.7 Å². The van der Waals surface area contributed by atoms with Crippen LogP contribution in [-0.2, 0) is 43.4 Å². The van der Waals surface area contributed by atoms with E-state index < -0.39 is 51.5 Å². The van der Waals surface area contributed by atoms with Crippen LogP contribution in [0.15, 0.2) is 36.4 Å². The maximum absolute atomic E-state index is 13.2. The average Bonchev–Trinajstić information content (AvgIpc) is 3.03. The quantitative estimate of drug-likeness (QED) is 0.296. The average molecular weight is 578 g/mol. The summed E-state index contributed by atoms with van der Waals surface area (Å²) >= 11 is 12.1. The van der Waals surface area contributed by atoms with Gasteiger partial charge in [0, 0.05) is 24.9 Å². The van der Waals surface area contributed by atoms with Crippen LogP contribution in [0.2, 0.25) is 10.0 Å². The molecule has 0 spiro atoms. The van der Waals surface area contributed by atoms with Crippen LogP contribution in [0, 0.1) is 0 Å². The minimum Gasteiger partial charge on any atom is -0.337 e. The molecule has 5 nitrogen and oxygen atoms in total. The highest BCUT2D eigenvalue weighted by Gasteiger charge is 2.45. The first-order valence-electron chi connectivity index (χ1n) is 10.3. The molecule has 1 amide bonds. The van der Waals surface area contributed by atoms with E-state index in [1.54, 1.807) is 6.07 Å². The second-order valence-corrected chi connectivity index (χ2v) is 11.0. The maximum Gasteiger partial charge on any atom is 0.416 e. The van der Waals surface area contributed by atoms with Gasteiger partial charge in [0.25, 0.3) is 10.1 Å². The van der Waals surface area contributed by atoms with Gasteiger partial charge in [-0.3, -0.25) is 8.98 Å². The van der Waals surface area contributed by atoms with Crippen molar-refractivity contribution in [1.82, 2.24) is 4.90 Å². The lowest BCUT2D eigenvalue weighted by Crippen LogP contribution is -2.33. The number of rotatable bonds is 7. The van der Waals surface area contributed by atoms with Crippen LogP contribution in [0.5, 0.6) is 0 Å². The second kappa shape index (κ2) is 10.0. The van der Waals surface area contributed by atoms with Gasteiger partial charge in [-0.05, 0) is 47.9 Å². The Morgan fingerprint density at radius 1 is 0.972 bits per heavy atom. The Bertz CT molecular complexity index is 1230. The third kappa shape index (κ3) is 6.84. The molecule has 1 atom stereocenters. The van der Waals surface area contributed by atoms with E-state index in [4.69, 9.17) is 27.4 Å². The molecule has 1 saturated heterocycles. The number of amides is 1. The van der Waals surface area contributed by atoms with Gasteiger partial charge < -0.3 is 4.90 Å². The van der Waals surface area contributed by atoms with Crippen molar-refractivity contribution >= 4 is 39.2 Å². The minimum atomic E-state index is -5.03. The molecule has 0 aromatic heterocycles. The van der Waals surface area contributed by atoms with Crippen molar-refractivity contribution in [1.29, 1.82) is 0 Å². The Kier molecular flexibility index (Phi) is 7.96. The fraction of sp³-hybridized carbons (Fsp3) is 0.409. The summed E-state index contributed by atoms with van der Waals surface area (Å²) in [6.07, 6.45) is -9.42. The van der Waals surface area contributed by atoms with Gasteiger partial charge >= 0.3 is 12.4 Å². The summed E-state index contributed by atoms with van der Waals surface area (Å²) in [7, 11) is -3.81. The first kappa shape index (κ1) is 28.5. The summed E-state index contributed by atoms with van der Waals surface area (Å²) in [5, 5.41) is 0.365. The number of halogens is 8. The van der Waals surface area contributed by atoms with Crippen LogP contribution < -0.4 is 0 Å². The molecule has 1 unspecified atom stereocenters. The normalized spacial score (nSPS) is 19.2. The van der Waals surface area contributed by atoms with Gasteiger partial charge in [-0.15, -0.1) is 0 Å². The van der Waals surface area contributed by atoms with Gasteiger partial charge in [-0.1, -0.05) is 29.3 Å². The predicted octanol–water partition coefficient (Wildman–Crippen LogP) is 6.07. The lowest BCUT2D eigenvalue weighted by molar-refractivity contribution is -0.143. The molecular weight excluding hydrogens is 559 g/mol. The van der Waals surface area contributed by atoms with Gasteiger partial charge in [-0.2, -0.15) is 34.8 Å². The van der Waals surface area contributed by atoms with E-state index in [0.717, 1.165) is 11.2 Å². The SMILES string of the molecule is CS(=O)(=O)OCCC1(c2ccc(Cl)c(Cl)c2)CC(=O)N(Cc2cc(C(F)(F)F)cc(C(F)(F)F)c2)C1. The number of carbonyl (C=O) groups is 1. The number of nitrogens with zero attached hydrogens (tertiary/aromatic N) is 1. The van der Waals surface area contributed by atoms with Crippen molar-refractivity contribution in [3.8, 4) is 0 Å². The van der Waals surface area contributed by atoms with Gasteiger partial charge in [0.2, 0.25) is 5.91 Å². The number of carbonyl (C=O) groups excluding carboxylic acids is 1. The summed E-state index contributed by atoms with van der Waals surface area (Å²) in [5.41, 5.74) is -3.93. The topological polar surface area (TPSA) is 63.7 Å². The summed E-state index contributed by atoms with van der Waals surface area (Å²) in [6, 6.07) is 5.65. The lowest BCUT2D eigenvalue weighted by Gasteiger charge is -2.30. The van der Waals surface area contributed by atoms with Crippen molar-refractivity contribution in [3.63, 3.8) is 0 Å². The first-order chi connectivity index (χ1) is 16.4. The van der Waals surface area contributed by atoms with E-state index in [1.807, 2.05) is 0 Å². The van der Waals surface area contributed by atoms with E-state index >= 15 is 0 Å². The zero-order chi connectivity index (χ0) is 27.1. The molecule has 0 bridgehead atoms. The largest absolute Gasteiger partial charge is 0.416 e. The molecular formula is C22H19Cl2F6NO4S. The Morgan fingerprint density at radius 2 is 1.56 bits per heavy atom. The highest BCUT2D eigenvalue weighted by atomic mass is 35.5. The summed E-state index contributed by atoms with van der Waals surface area (Å²) in [4.78, 5) is 14.0. The van der Waals surface area contributed by atoms with E-state index in [0.29, 0.717) is 17.7 Å². The van der Waals surface area contributed by atoms with E-state index in [2.05, 4.69) is 0 Å². The molecule has 1 aliphatic rings. The van der Waals surface area contributed by atoms with Crippen LogP contribution in [0.4, 0.5) is 26.3 Å². The molecule has 3 rings (SSSR count). The van der Waals surface area contributed by atoms with Gasteiger partial charge in [0.05, 0.1) is 34.0 Å². The fourth-order valence-corrected chi connectivity index (χ4v) is 4.79. The zero-order valence-corrected chi connectivity index (χ0v) is 20.8. The van der Waals surface area contributed by atoms with Crippen LogP contribution >= 0.6 is 23.2 Å². The van der Waals surface area contributed by atoms with E-state index in [-0.39, 0.29) is 47.7 Å². The Labute approximate surface area is 213 Å². The minimum absolute atomic E-state index is 0.00331. The third-order valence-electron chi connectivity index (χ3n) is 5.77. The van der Waals surface area contributed by atoms with Crippen LogP contribution in [0.3, 0.4) is 0 Å². The van der Waals surface area contributed by atoms with E-state index in [1.165, 1.54) is 12.1 Å². The van der Waals surface area contributed by atoms with Gasteiger partial charge in [-0.25, -0.2) is 0 Å². The van der Waals surface area contributed by atoms with E-state index in [9.17, 15) is 39.6 Å². The lowest BCUT2D eigenvalue weighted by atomic mass is 9.77. The van der Waals surface area contributed by atoms with Crippen LogP contribution in [0.25, 0.3) is 0 Å². The predicted molar refractivity (Wildman–Crippen MR) is 120 cm³/mol. The Morgan fingerprint density at radius 3 is 2.06 bits per heavy atom. The smallest absolute Gasteiger partial charge is 0.337 e. The number of alkyl halides is 6. The molecule has 36 heavy (non-hydrogen) atoms. The first-order valence-corrected chi connectivity index (χ1v) is 12.8. The third-order valence-corrected chi connectivity index (χ3v) is 7.10. The molecule has 198 valence electrons. The second-order valence-electron chi connectivity index (χ2n) is 8.53. The van der Waals surface area contributed by atoms with Crippen molar-refractivity contribution in [3.05, 3.63) is 68.7 Å². The molecule has 0 aliphatic carbocycles. The molecule has 0 N–H and O–H groups in total. The fourth-order valence-electron chi connectivity index (χ4n) is 4.11. The molecule has 2 aromatic rings. The Hall–Kier alpha value is -2.02. The van der Waals surface area contributed by atoms with Crippen LogP contribution in [-0.4, -0.2) is 38.6 Å². The van der Waals surface area contributed by atoms with Crippen molar-refractivity contribution in [2.24, 2.45) is 0 Å². The highest BCUT2D eigenvalue weighted by Crippen LogP contribution is 2.42. The molecule has 1 aliphatic heterocycles. The van der Waals surface area contributed by atoms with Crippen LogP contribution in [0.1, 0.15) is 35.1 Å². The molecule has 0 radical (unpaired) electrons.